The molecule has 0 saturated carbocycles. The molecule has 1 fully saturated rings. The highest BCUT2D eigenvalue weighted by Crippen LogP contribution is 2.33. The molecule has 0 N–H and O–H groups in total. The van der Waals surface area contributed by atoms with E-state index in [9.17, 15) is 19.2 Å². The lowest BCUT2D eigenvalue weighted by atomic mass is 9.93. The number of hydrogen-bond acceptors (Lipinski definition) is 9. The normalized spacial score (nSPS) is 13.2. The number of esters is 2. The number of benzene rings is 3. The molecular formula is C33H31N3O8. The molecule has 2 heterocycles. The van der Waals surface area contributed by atoms with Crippen molar-refractivity contribution in [1.29, 1.82) is 0 Å². The molecule has 0 spiro atoms. The van der Waals surface area contributed by atoms with Crippen molar-refractivity contribution in [3.63, 3.8) is 0 Å². The van der Waals surface area contributed by atoms with Gasteiger partial charge in [0.25, 0.3) is 0 Å². The molecule has 11 heteroatoms. The fraction of sp³-hybridized carbons (Fsp3) is 0.242. The predicted molar refractivity (Wildman–Crippen MR) is 158 cm³/mol. The molecule has 11 nitrogen and oxygen atoms in total. The molecule has 5 rings (SSSR count). The zero-order chi connectivity index (χ0) is 31.1. The molecule has 1 aromatic heterocycles. The number of rotatable bonds is 7. The Labute approximate surface area is 253 Å². The van der Waals surface area contributed by atoms with Crippen molar-refractivity contribution in [2.45, 2.75) is 39.2 Å². The number of aromatic nitrogens is 2. The van der Waals surface area contributed by atoms with Gasteiger partial charge in [-0.1, -0.05) is 30.3 Å². The molecule has 226 valence electrons. The number of ether oxygens (including phenoxy) is 4. The summed E-state index contributed by atoms with van der Waals surface area (Å²) in [5.41, 5.74) is 4.03. The van der Waals surface area contributed by atoms with Gasteiger partial charge in [-0.15, -0.1) is 0 Å². The van der Waals surface area contributed by atoms with Crippen molar-refractivity contribution in [1.82, 2.24) is 14.7 Å². The summed E-state index contributed by atoms with van der Waals surface area (Å²) in [6.45, 7) is 3.46. The molecule has 1 aliphatic heterocycles. The van der Waals surface area contributed by atoms with Crippen LogP contribution in [0.5, 0.6) is 11.5 Å². The van der Waals surface area contributed by atoms with Gasteiger partial charge >= 0.3 is 24.2 Å². The Kier molecular flexibility index (Phi) is 9.34. The summed E-state index contributed by atoms with van der Waals surface area (Å²) in [5.74, 6) is 0.0829. The molecule has 3 aromatic carbocycles. The van der Waals surface area contributed by atoms with Crippen molar-refractivity contribution in [2.75, 3.05) is 13.1 Å². The van der Waals surface area contributed by atoms with Gasteiger partial charge in [-0.05, 0) is 73.0 Å². The van der Waals surface area contributed by atoms with Gasteiger partial charge in [0.15, 0.2) is 0 Å². The van der Waals surface area contributed by atoms with Crippen molar-refractivity contribution in [3.8, 4) is 28.4 Å². The lowest BCUT2D eigenvalue weighted by molar-refractivity contribution is -0.132. The second-order valence-electron chi connectivity index (χ2n) is 10.2. The van der Waals surface area contributed by atoms with Crippen LogP contribution in [0.2, 0.25) is 0 Å². The Morgan fingerprint density at radius 1 is 0.795 bits per heavy atom. The molecule has 0 radical (unpaired) electrons. The second kappa shape index (κ2) is 13.7. The van der Waals surface area contributed by atoms with Crippen LogP contribution in [-0.2, 0) is 25.7 Å². The van der Waals surface area contributed by atoms with Crippen molar-refractivity contribution >= 4 is 24.2 Å². The third kappa shape index (κ3) is 7.68. The Bertz CT molecular complexity index is 1550. The first-order chi connectivity index (χ1) is 21.2. The van der Waals surface area contributed by atoms with Gasteiger partial charge in [-0.3, -0.25) is 9.59 Å². The lowest BCUT2D eigenvalue weighted by Crippen LogP contribution is -2.39. The zero-order valence-electron chi connectivity index (χ0n) is 24.3. The first-order valence-electron chi connectivity index (χ1n) is 14.1. The van der Waals surface area contributed by atoms with E-state index in [0.29, 0.717) is 37.4 Å². The van der Waals surface area contributed by atoms with E-state index in [1.165, 1.54) is 18.7 Å². The van der Waals surface area contributed by atoms with E-state index in [2.05, 4.69) is 0 Å². The summed E-state index contributed by atoms with van der Waals surface area (Å²) in [6, 6.07) is 25.3. The Hall–Kier alpha value is -5.45. The maximum Gasteiger partial charge on any atom is 0.517 e. The van der Waals surface area contributed by atoms with E-state index in [0.717, 1.165) is 28.2 Å². The van der Waals surface area contributed by atoms with Crippen molar-refractivity contribution < 1.29 is 38.1 Å². The van der Waals surface area contributed by atoms with Gasteiger partial charge in [-0.2, -0.15) is 5.10 Å². The number of carbonyl (C=O) groups excluding carboxylic acids is 4. The van der Waals surface area contributed by atoms with Crippen LogP contribution < -0.4 is 9.47 Å². The van der Waals surface area contributed by atoms with Crippen LogP contribution in [0.15, 0.2) is 84.9 Å². The number of nitrogens with zero attached hydrogens (tertiary/aromatic N) is 3. The molecule has 0 bridgehead atoms. The van der Waals surface area contributed by atoms with Gasteiger partial charge in [0.05, 0.1) is 17.1 Å². The molecule has 1 amide bonds. The van der Waals surface area contributed by atoms with E-state index in [1.54, 1.807) is 41.1 Å². The van der Waals surface area contributed by atoms with Crippen LogP contribution in [0.1, 0.15) is 43.9 Å². The molecule has 0 atom stereocenters. The largest absolute Gasteiger partial charge is 0.517 e. The van der Waals surface area contributed by atoms with E-state index < -0.39 is 24.2 Å². The zero-order valence-corrected chi connectivity index (χ0v) is 24.3. The summed E-state index contributed by atoms with van der Waals surface area (Å²) < 4.78 is 22.1. The maximum absolute atomic E-state index is 12.6. The standard InChI is InChI=1S/C33H31N3O8/c1-22(37)42-28-12-8-26(9-13-28)31-20-30(34-36(31)27-10-14-29(15-11-27)43-23(2)38)25-16-18-35(19-17-25)32(39)44-33(40)41-21-24-6-4-3-5-7-24/h3-15,20,25H,16-19,21H2,1-2H3. The smallest absolute Gasteiger partial charge is 0.429 e. The third-order valence-corrected chi connectivity index (χ3v) is 7.02. The molecular weight excluding hydrogens is 566 g/mol. The van der Waals surface area contributed by atoms with Crippen LogP contribution in [0.4, 0.5) is 9.59 Å². The first-order valence-corrected chi connectivity index (χ1v) is 14.1. The van der Waals surface area contributed by atoms with Gasteiger partial charge in [0, 0.05) is 38.4 Å². The fourth-order valence-electron chi connectivity index (χ4n) is 4.92. The Balaban J connectivity index is 1.28. The number of amides is 1. The number of carbonyl (C=O) groups is 4. The van der Waals surface area contributed by atoms with Gasteiger partial charge in [-0.25, -0.2) is 14.3 Å². The van der Waals surface area contributed by atoms with E-state index in [-0.39, 0.29) is 12.5 Å². The monoisotopic (exact) mass is 597 g/mol. The first kappa shape index (κ1) is 30.0. The average Bonchev–Trinajstić information content (AvgIpc) is 3.46. The summed E-state index contributed by atoms with van der Waals surface area (Å²) in [7, 11) is 0. The number of likely N-dealkylation sites (tertiary alicyclic amines) is 1. The maximum atomic E-state index is 12.6. The second-order valence-corrected chi connectivity index (χ2v) is 10.2. The predicted octanol–water partition coefficient (Wildman–Crippen LogP) is 6.04. The lowest BCUT2D eigenvalue weighted by Gasteiger charge is -2.30. The molecule has 1 aliphatic rings. The quantitative estimate of drug-likeness (QED) is 0.142. The SMILES string of the molecule is CC(=O)Oc1ccc(-c2cc(C3CCN(C(=O)OC(=O)OCc4ccccc4)CC3)nn2-c2ccc(OC(C)=O)cc2)cc1. The van der Waals surface area contributed by atoms with Gasteiger partial charge in [0.2, 0.25) is 0 Å². The van der Waals surface area contributed by atoms with E-state index >= 15 is 0 Å². The highest BCUT2D eigenvalue weighted by Gasteiger charge is 2.29. The van der Waals surface area contributed by atoms with Gasteiger partial charge < -0.3 is 23.8 Å². The van der Waals surface area contributed by atoms with Crippen LogP contribution in [0, 0.1) is 0 Å². The average molecular weight is 598 g/mol. The summed E-state index contributed by atoms with van der Waals surface area (Å²) in [5, 5.41) is 4.93. The topological polar surface area (TPSA) is 126 Å². The van der Waals surface area contributed by atoms with Crippen LogP contribution in [0.25, 0.3) is 16.9 Å². The molecule has 0 unspecified atom stereocenters. The summed E-state index contributed by atoms with van der Waals surface area (Å²) >= 11 is 0. The van der Waals surface area contributed by atoms with E-state index in [1.807, 2.05) is 48.5 Å². The highest BCUT2D eigenvalue weighted by molar-refractivity contribution is 5.80. The fourth-order valence-corrected chi connectivity index (χ4v) is 4.92. The number of piperidine rings is 1. The minimum atomic E-state index is -1.04. The van der Waals surface area contributed by atoms with E-state index in [4.69, 9.17) is 24.0 Å². The Morgan fingerprint density at radius 3 is 1.98 bits per heavy atom. The van der Waals surface area contributed by atoms with Crippen LogP contribution in [-0.4, -0.2) is 52.0 Å². The van der Waals surface area contributed by atoms with Crippen LogP contribution >= 0.6 is 0 Å². The summed E-state index contributed by atoms with van der Waals surface area (Å²) in [4.78, 5) is 48.9. The van der Waals surface area contributed by atoms with Crippen molar-refractivity contribution in [2.24, 2.45) is 0 Å². The molecule has 0 aliphatic carbocycles. The highest BCUT2D eigenvalue weighted by atomic mass is 16.7. The van der Waals surface area contributed by atoms with Crippen molar-refractivity contribution in [3.05, 3.63) is 96.2 Å². The minimum absolute atomic E-state index is 0.0129. The van der Waals surface area contributed by atoms with Crippen LogP contribution in [0.3, 0.4) is 0 Å². The van der Waals surface area contributed by atoms with Gasteiger partial charge in [0.1, 0.15) is 18.1 Å². The Morgan fingerprint density at radius 2 is 1.39 bits per heavy atom. The summed E-state index contributed by atoms with van der Waals surface area (Å²) in [6.07, 6.45) is -0.555. The number of hydrogen-bond donors (Lipinski definition) is 0. The minimum Gasteiger partial charge on any atom is -0.429 e. The molecule has 4 aromatic rings. The molecule has 44 heavy (non-hydrogen) atoms. The molecule has 1 saturated heterocycles. The third-order valence-electron chi connectivity index (χ3n) is 7.02.